The van der Waals surface area contributed by atoms with Crippen LogP contribution >= 0.6 is 12.4 Å². The minimum atomic E-state index is 0. The van der Waals surface area contributed by atoms with Crippen molar-refractivity contribution in [3.05, 3.63) is 0 Å². The minimum Gasteiger partial charge on any atom is -0.316 e. The zero-order valence-corrected chi connectivity index (χ0v) is 7.49. The average Bonchev–Trinajstić information content (AvgIpc) is 2.41. The van der Waals surface area contributed by atoms with Gasteiger partial charge in [0.25, 0.3) is 0 Å². The van der Waals surface area contributed by atoms with Crippen LogP contribution in [-0.4, -0.2) is 13.1 Å². The maximum Gasteiger partial charge on any atom is 0.0621 e. The summed E-state index contributed by atoms with van der Waals surface area (Å²) in [6.07, 6.45) is 4.37. The Labute approximate surface area is 74.4 Å². The van der Waals surface area contributed by atoms with Crippen LogP contribution in [0.5, 0.6) is 0 Å². The van der Waals surface area contributed by atoms with E-state index in [1.807, 2.05) is 0 Å². The first kappa shape index (κ1) is 10.7. The maximum absolute atomic E-state index is 8.27. The molecule has 1 aliphatic heterocycles. The van der Waals surface area contributed by atoms with Gasteiger partial charge in [-0.25, -0.2) is 0 Å². The van der Waals surface area contributed by atoms with Crippen molar-refractivity contribution in [2.45, 2.75) is 25.7 Å². The van der Waals surface area contributed by atoms with E-state index in [9.17, 15) is 0 Å². The Kier molecular flexibility index (Phi) is 6.30. The summed E-state index contributed by atoms with van der Waals surface area (Å²) in [4.78, 5) is 0. The second kappa shape index (κ2) is 6.45. The monoisotopic (exact) mass is 174 g/mol. The van der Waals surface area contributed by atoms with Gasteiger partial charge in [0.15, 0.2) is 0 Å². The van der Waals surface area contributed by atoms with E-state index >= 15 is 0 Å². The largest absolute Gasteiger partial charge is 0.316 e. The van der Waals surface area contributed by atoms with E-state index in [2.05, 4.69) is 11.4 Å². The molecule has 0 amide bonds. The molecule has 0 saturated carbocycles. The van der Waals surface area contributed by atoms with Crippen LogP contribution in [0, 0.1) is 17.2 Å². The van der Waals surface area contributed by atoms with Crippen LogP contribution in [0.2, 0.25) is 0 Å². The molecule has 11 heavy (non-hydrogen) atoms. The second-order valence-corrected chi connectivity index (χ2v) is 2.91. The molecule has 1 N–H and O–H groups in total. The predicted octanol–water partition coefficient (Wildman–Crippen LogP) is 1.71. The van der Waals surface area contributed by atoms with Gasteiger partial charge in [-0.15, -0.1) is 12.4 Å². The molecule has 1 aliphatic rings. The van der Waals surface area contributed by atoms with E-state index in [4.69, 9.17) is 5.26 Å². The summed E-state index contributed by atoms with van der Waals surface area (Å²) in [7, 11) is 0. The van der Waals surface area contributed by atoms with Gasteiger partial charge >= 0.3 is 0 Å². The lowest BCUT2D eigenvalue weighted by Crippen LogP contribution is -2.08. The minimum absolute atomic E-state index is 0. The molecule has 0 radical (unpaired) electrons. The summed E-state index contributed by atoms with van der Waals surface area (Å²) in [6.45, 7) is 2.35. The molecule has 3 heteroatoms. The lowest BCUT2D eigenvalue weighted by molar-refractivity contribution is 0.514. The highest BCUT2D eigenvalue weighted by Gasteiger charge is 2.12. The number of nitrogens with zero attached hydrogens (tertiary/aromatic N) is 1. The molecular formula is C8H15ClN2. The molecular weight excluding hydrogens is 160 g/mol. The van der Waals surface area contributed by atoms with Crippen molar-refractivity contribution in [2.24, 2.45) is 5.92 Å². The Bertz CT molecular complexity index is 125. The molecule has 1 saturated heterocycles. The molecule has 1 fully saturated rings. The van der Waals surface area contributed by atoms with Gasteiger partial charge in [0, 0.05) is 6.42 Å². The molecule has 0 aromatic heterocycles. The highest BCUT2D eigenvalue weighted by molar-refractivity contribution is 5.85. The predicted molar refractivity (Wildman–Crippen MR) is 47.7 cm³/mol. The SMILES string of the molecule is Cl.N#CCCCC1CCNC1. The fourth-order valence-electron chi connectivity index (χ4n) is 1.43. The van der Waals surface area contributed by atoms with Gasteiger partial charge < -0.3 is 5.32 Å². The molecule has 0 spiro atoms. The van der Waals surface area contributed by atoms with Gasteiger partial charge in [0.05, 0.1) is 6.07 Å². The summed E-state index contributed by atoms with van der Waals surface area (Å²) in [5, 5.41) is 11.6. The van der Waals surface area contributed by atoms with Crippen molar-refractivity contribution in [2.75, 3.05) is 13.1 Å². The van der Waals surface area contributed by atoms with Crippen molar-refractivity contribution in [3.8, 4) is 6.07 Å². The number of unbranched alkanes of at least 4 members (excludes halogenated alkanes) is 1. The van der Waals surface area contributed by atoms with Crippen LogP contribution in [0.25, 0.3) is 0 Å². The lowest BCUT2D eigenvalue weighted by atomic mass is 10.0. The lowest BCUT2D eigenvalue weighted by Gasteiger charge is -2.03. The molecule has 1 atom stereocenters. The number of rotatable bonds is 3. The Balaban J connectivity index is 0.000001000. The van der Waals surface area contributed by atoms with Crippen molar-refractivity contribution >= 4 is 12.4 Å². The molecule has 64 valence electrons. The first-order valence-corrected chi connectivity index (χ1v) is 4.01. The molecule has 1 unspecified atom stereocenters. The van der Waals surface area contributed by atoms with Gasteiger partial charge in [-0.1, -0.05) is 0 Å². The van der Waals surface area contributed by atoms with E-state index in [-0.39, 0.29) is 12.4 Å². The quantitative estimate of drug-likeness (QED) is 0.662. The first-order chi connectivity index (χ1) is 4.93. The fraction of sp³-hybridized carbons (Fsp3) is 0.875. The zero-order valence-electron chi connectivity index (χ0n) is 6.68. The second-order valence-electron chi connectivity index (χ2n) is 2.91. The fourth-order valence-corrected chi connectivity index (χ4v) is 1.43. The van der Waals surface area contributed by atoms with Gasteiger partial charge in [0.1, 0.15) is 0 Å². The standard InChI is InChI=1S/C8H14N2.ClH/c9-5-2-1-3-8-4-6-10-7-8;/h8,10H,1-4,6-7H2;1H. The molecule has 2 nitrogen and oxygen atoms in total. The van der Waals surface area contributed by atoms with Crippen LogP contribution in [0.15, 0.2) is 0 Å². The average molecular weight is 175 g/mol. The number of hydrogen-bond donors (Lipinski definition) is 1. The topological polar surface area (TPSA) is 35.8 Å². The molecule has 0 aliphatic carbocycles. The number of nitriles is 1. The van der Waals surface area contributed by atoms with Crippen molar-refractivity contribution in [1.82, 2.24) is 5.32 Å². The summed E-state index contributed by atoms with van der Waals surface area (Å²) >= 11 is 0. The highest BCUT2D eigenvalue weighted by Crippen LogP contribution is 2.14. The van der Waals surface area contributed by atoms with Crippen molar-refractivity contribution in [3.63, 3.8) is 0 Å². The van der Waals surface area contributed by atoms with Gasteiger partial charge in [-0.2, -0.15) is 5.26 Å². The van der Waals surface area contributed by atoms with Gasteiger partial charge in [-0.3, -0.25) is 0 Å². The van der Waals surface area contributed by atoms with Gasteiger partial charge in [-0.05, 0) is 38.3 Å². The number of nitrogens with one attached hydrogen (secondary N) is 1. The first-order valence-electron chi connectivity index (χ1n) is 4.01. The van der Waals surface area contributed by atoms with Crippen LogP contribution in [-0.2, 0) is 0 Å². The van der Waals surface area contributed by atoms with Gasteiger partial charge in [0.2, 0.25) is 0 Å². The third kappa shape index (κ3) is 4.23. The van der Waals surface area contributed by atoms with E-state index in [0.717, 1.165) is 18.8 Å². The smallest absolute Gasteiger partial charge is 0.0621 e. The van der Waals surface area contributed by atoms with E-state index in [1.165, 1.54) is 25.9 Å². The van der Waals surface area contributed by atoms with E-state index in [0.29, 0.717) is 0 Å². The highest BCUT2D eigenvalue weighted by atomic mass is 35.5. The molecule has 0 aromatic carbocycles. The summed E-state index contributed by atoms with van der Waals surface area (Å²) in [5.41, 5.74) is 0. The van der Waals surface area contributed by atoms with Crippen molar-refractivity contribution in [1.29, 1.82) is 5.26 Å². The Morgan fingerprint density at radius 1 is 1.55 bits per heavy atom. The van der Waals surface area contributed by atoms with Crippen LogP contribution in [0.3, 0.4) is 0 Å². The van der Waals surface area contributed by atoms with Crippen LogP contribution in [0.1, 0.15) is 25.7 Å². The summed E-state index contributed by atoms with van der Waals surface area (Å²) in [6, 6.07) is 2.17. The Hall–Kier alpha value is -0.260. The number of hydrogen-bond acceptors (Lipinski definition) is 2. The van der Waals surface area contributed by atoms with Crippen LogP contribution in [0.4, 0.5) is 0 Å². The van der Waals surface area contributed by atoms with E-state index in [1.54, 1.807) is 0 Å². The molecule has 1 rings (SSSR count). The zero-order chi connectivity index (χ0) is 7.23. The summed E-state index contributed by atoms with van der Waals surface area (Å²) < 4.78 is 0. The maximum atomic E-state index is 8.27. The Morgan fingerprint density at radius 2 is 2.36 bits per heavy atom. The molecule has 0 aromatic rings. The normalized spacial score (nSPS) is 22.3. The number of halogens is 1. The van der Waals surface area contributed by atoms with Crippen LogP contribution < -0.4 is 5.32 Å². The van der Waals surface area contributed by atoms with Crippen molar-refractivity contribution < 1.29 is 0 Å². The third-order valence-electron chi connectivity index (χ3n) is 2.06. The molecule has 1 heterocycles. The third-order valence-corrected chi connectivity index (χ3v) is 2.06. The Morgan fingerprint density at radius 3 is 2.91 bits per heavy atom. The van der Waals surface area contributed by atoms with E-state index < -0.39 is 0 Å². The molecule has 0 bridgehead atoms. The summed E-state index contributed by atoms with van der Waals surface area (Å²) in [5.74, 6) is 0.855.